The minimum atomic E-state index is -0.821. The van der Waals surface area contributed by atoms with Crippen LogP contribution in [-0.4, -0.2) is 36.4 Å². The summed E-state index contributed by atoms with van der Waals surface area (Å²) in [5.74, 6) is 0.00923. The molecule has 2 atom stereocenters. The number of hydrogen-bond acceptors (Lipinski definition) is 3. The molecule has 2 rings (SSSR count). The van der Waals surface area contributed by atoms with Gasteiger partial charge in [0.1, 0.15) is 0 Å². The Morgan fingerprint density at radius 3 is 2.56 bits per heavy atom. The van der Waals surface area contributed by atoms with E-state index in [0.29, 0.717) is 6.42 Å². The van der Waals surface area contributed by atoms with Gasteiger partial charge in [-0.25, -0.2) is 4.79 Å². The van der Waals surface area contributed by atoms with Gasteiger partial charge >= 0.3 is 5.97 Å². The number of hydrogen-bond donors (Lipinski definition) is 2. The van der Waals surface area contributed by atoms with Gasteiger partial charge in [-0.1, -0.05) is 12.8 Å². The van der Waals surface area contributed by atoms with Gasteiger partial charge in [0, 0.05) is 6.54 Å². The van der Waals surface area contributed by atoms with Crippen molar-refractivity contribution in [2.24, 2.45) is 5.92 Å². The van der Waals surface area contributed by atoms with Gasteiger partial charge in [-0.15, -0.1) is 0 Å². The lowest BCUT2D eigenvalue weighted by molar-refractivity contribution is -0.149. The van der Waals surface area contributed by atoms with Gasteiger partial charge in [0.2, 0.25) is 0 Å². The third-order valence-electron chi connectivity index (χ3n) is 3.66. The van der Waals surface area contributed by atoms with E-state index in [9.17, 15) is 4.79 Å². The summed E-state index contributed by atoms with van der Waals surface area (Å²) in [6, 6.07) is 0. The molecular weight excluding hydrogens is 206 g/mol. The molecule has 1 saturated heterocycles. The highest BCUT2D eigenvalue weighted by atomic mass is 16.5. The summed E-state index contributed by atoms with van der Waals surface area (Å²) in [6.45, 7) is 1.87. The van der Waals surface area contributed by atoms with E-state index >= 15 is 0 Å². The van der Waals surface area contributed by atoms with Crippen LogP contribution in [0.15, 0.2) is 0 Å². The quantitative estimate of drug-likeness (QED) is 0.745. The third-order valence-corrected chi connectivity index (χ3v) is 3.66. The highest BCUT2D eigenvalue weighted by Gasteiger charge is 2.30. The van der Waals surface area contributed by atoms with E-state index in [1.807, 2.05) is 0 Å². The standard InChI is InChI=1S/C12H21NO3/c14-12(15)11-6-5-10(16-11)8-13-7-9-3-1-2-4-9/h9-11,13H,1-8H2,(H,14,15). The summed E-state index contributed by atoms with van der Waals surface area (Å²) in [4.78, 5) is 10.7. The fraction of sp³-hybridized carbons (Fsp3) is 0.917. The van der Waals surface area contributed by atoms with E-state index in [4.69, 9.17) is 9.84 Å². The van der Waals surface area contributed by atoms with Crippen molar-refractivity contribution in [1.82, 2.24) is 5.32 Å². The minimum Gasteiger partial charge on any atom is -0.479 e. The predicted molar refractivity (Wildman–Crippen MR) is 60.4 cm³/mol. The summed E-state index contributed by atoms with van der Waals surface area (Å²) in [7, 11) is 0. The molecule has 0 aromatic heterocycles. The fourth-order valence-corrected chi connectivity index (χ4v) is 2.70. The fourth-order valence-electron chi connectivity index (χ4n) is 2.70. The monoisotopic (exact) mass is 227 g/mol. The third kappa shape index (κ3) is 3.19. The SMILES string of the molecule is O=C(O)C1CCC(CNCC2CCCC2)O1. The number of carbonyl (C=O) groups is 1. The van der Waals surface area contributed by atoms with E-state index < -0.39 is 12.1 Å². The second kappa shape index (κ2) is 5.64. The van der Waals surface area contributed by atoms with Crippen LogP contribution < -0.4 is 5.32 Å². The van der Waals surface area contributed by atoms with Crippen LogP contribution in [0.1, 0.15) is 38.5 Å². The maximum Gasteiger partial charge on any atom is 0.332 e. The van der Waals surface area contributed by atoms with Crippen LogP contribution in [0.3, 0.4) is 0 Å². The van der Waals surface area contributed by atoms with Crippen LogP contribution in [-0.2, 0) is 9.53 Å². The molecule has 0 aromatic carbocycles. The first kappa shape index (κ1) is 11.9. The topological polar surface area (TPSA) is 58.6 Å². The van der Waals surface area contributed by atoms with Crippen molar-refractivity contribution in [3.8, 4) is 0 Å². The number of rotatable bonds is 5. The van der Waals surface area contributed by atoms with Gasteiger partial charge in [0.25, 0.3) is 0 Å². The average Bonchev–Trinajstić information content (AvgIpc) is 2.87. The van der Waals surface area contributed by atoms with Crippen LogP contribution in [0.4, 0.5) is 0 Å². The van der Waals surface area contributed by atoms with Crippen molar-refractivity contribution < 1.29 is 14.6 Å². The van der Waals surface area contributed by atoms with Gasteiger partial charge in [0.05, 0.1) is 6.10 Å². The van der Waals surface area contributed by atoms with Crippen molar-refractivity contribution >= 4 is 5.97 Å². The molecule has 4 heteroatoms. The number of ether oxygens (including phenoxy) is 1. The molecule has 0 aromatic rings. The van der Waals surface area contributed by atoms with E-state index in [1.54, 1.807) is 0 Å². The van der Waals surface area contributed by atoms with Gasteiger partial charge in [-0.3, -0.25) is 0 Å². The number of carboxylic acids is 1. The van der Waals surface area contributed by atoms with Gasteiger partial charge in [-0.05, 0) is 38.1 Å². The molecule has 2 N–H and O–H groups in total. The molecule has 4 nitrogen and oxygen atoms in total. The Bertz CT molecular complexity index is 238. The zero-order valence-electron chi connectivity index (χ0n) is 9.65. The first-order chi connectivity index (χ1) is 7.75. The lowest BCUT2D eigenvalue weighted by Gasteiger charge is -2.14. The Morgan fingerprint density at radius 2 is 1.94 bits per heavy atom. The molecule has 0 spiro atoms. The molecule has 92 valence electrons. The second-order valence-corrected chi connectivity index (χ2v) is 4.97. The summed E-state index contributed by atoms with van der Waals surface area (Å²) in [6.07, 6.45) is 6.48. The van der Waals surface area contributed by atoms with Crippen LogP contribution >= 0.6 is 0 Å². The van der Waals surface area contributed by atoms with Gasteiger partial charge < -0.3 is 15.2 Å². The Kier molecular flexibility index (Phi) is 4.18. The minimum absolute atomic E-state index is 0.0995. The van der Waals surface area contributed by atoms with Crippen LogP contribution in [0.2, 0.25) is 0 Å². The van der Waals surface area contributed by atoms with Crippen molar-refractivity contribution in [3.05, 3.63) is 0 Å². The zero-order chi connectivity index (χ0) is 11.4. The van der Waals surface area contributed by atoms with Crippen molar-refractivity contribution in [2.75, 3.05) is 13.1 Å². The number of aliphatic carboxylic acids is 1. The lowest BCUT2D eigenvalue weighted by Crippen LogP contribution is -2.31. The Balaban J connectivity index is 1.58. The molecule has 0 amide bonds. The summed E-state index contributed by atoms with van der Waals surface area (Å²) < 4.78 is 5.43. The van der Waals surface area contributed by atoms with Crippen LogP contribution in [0.25, 0.3) is 0 Å². The molecule has 1 heterocycles. The Hall–Kier alpha value is -0.610. The smallest absolute Gasteiger partial charge is 0.332 e. The van der Waals surface area contributed by atoms with Crippen LogP contribution in [0.5, 0.6) is 0 Å². The molecule has 1 aliphatic carbocycles. The van der Waals surface area contributed by atoms with Gasteiger partial charge in [0.15, 0.2) is 6.10 Å². The largest absolute Gasteiger partial charge is 0.479 e. The van der Waals surface area contributed by atoms with Crippen molar-refractivity contribution in [3.63, 3.8) is 0 Å². The summed E-state index contributed by atoms with van der Waals surface area (Å²) >= 11 is 0. The first-order valence-corrected chi connectivity index (χ1v) is 6.34. The van der Waals surface area contributed by atoms with Gasteiger partial charge in [-0.2, -0.15) is 0 Å². The maximum atomic E-state index is 10.7. The van der Waals surface area contributed by atoms with E-state index in [-0.39, 0.29) is 6.10 Å². The normalized spacial score (nSPS) is 31.0. The maximum absolute atomic E-state index is 10.7. The van der Waals surface area contributed by atoms with Crippen molar-refractivity contribution in [2.45, 2.75) is 50.7 Å². The Labute approximate surface area is 96.4 Å². The number of carboxylic acid groups (broad SMARTS) is 1. The molecule has 1 saturated carbocycles. The molecule has 2 fully saturated rings. The molecule has 2 aliphatic rings. The number of nitrogens with one attached hydrogen (secondary N) is 1. The second-order valence-electron chi connectivity index (χ2n) is 4.97. The van der Waals surface area contributed by atoms with E-state index in [0.717, 1.165) is 25.4 Å². The predicted octanol–water partition coefficient (Wildman–Crippen LogP) is 1.40. The summed E-state index contributed by atoms with van der Waals surface area (Å²) in [5.41, 5.74) is 0. The molecular formula is C12H21NO3. The molecule has 16 heavy (non-hydrogen) atoms. The highest BCUT2D eigenvalue weighted by Crippen LogP contribution is 2.24. The zero-order valence-corrected chi connectivity index (χ0v) is 9.65. The van der Waals surface area contributed by atoms with E-state index in [1.165, 1.54) is 25.7 Å². The van der Waals surface area contributed by atoms with Crippen molar-refractivity contribution in [1.29, 1.82) is 0 Å². The average molecular weight is 227 g/mol. The molecule has 0 bridgehead atoms. The molecule has 2 unspecified atom stereocenters. The highest BCUT2D eigenvalue weighted by molar-refractivity contribution is 5.72. The Morgan fingerprint density at radius 1 is 1.19 bits per heavy atom. The summed E-state index contributed by atoms with van der Waals surface area (Å²) in [5, 5.41) is 12.2. The lowest BCUT2D eigenvalue weighted by atomic mass is 10.1. The first-order valence-electron chi connectivity index (χ1n) is 6.34. The molecule has 0 radical (unpaired) electrons. The molecule has 1 aliphatic heterocycles. The van der Waals surface area contributed by atoms with Crippen LogP contribution in [0, 0.1) is 5.92 Å². The van der Waals surface area contributed by atoms with E-state index in [2.05, 4.69) is 5.32 Å².